The lowest BCUT2D eigenvalue weighted by Crippen LogP contribution is -2.28. The largest absolute Gasteiger partial charge is 0.380 e. The van der Waals surface area contributed by atoms with Gasteiger partial charge in [-0.2, -0.15) is 0 Å². The fourth-order valence-electron chi connectivity index (χ4n) is 2.10. The van der Waals surface area contributed by atoms with Gasteiger partial charge in [0.2, 0.25) is 0 Å². The molecule has 3 heteroatoms. The molecule has 1 aromatic rings. The molecule has 1 heterocycles. The maximum atomic E-state index is 13.4. The Morgan fingerprint density at radius 3 is 2.62 bits per heavy atom. The van der Waals surface area contributed by atoms with Crippen LogP contribution in [0.5, 0.6) is 0 Å². The summed E-state index contributed by atoms with van der Waals surface area (Å²) in [5.74, 6) is -0.0899. The van der Waals surface area contributed by atoms with E-state index in [0.29, 0.717) is 6.04 Å². The van der Waals surface area contributed by atoms with E-state index in [2.05, 4.69) is 5.32 Å². The van der Waals surface area contributed by atoms with Gasteiger partial charge in [-0.1, -0.05) is 12.1 Å². The van der Waals surface area contributed by atoms with E-state index in [1.807, 2.05) is 26.0 Å². The quantitative estimate of drug-likeness (QED) is 0.849. The maximum Gasteiger partial charge on any atom is 0.129 e. The lowest BCUT2D eigenvalue weighted by molar-refractivity contribution is 0.190. The Bertz CT molecular complexity index is 349. The van der Waals surface area contributed by atoms with Crippen molar-refractivity contribution < 1.29 is 9.13 Å². The summed E-state index contributed by atoms with van der Waals surface area (Å²) in [7, 11) is 0. The lowest BCUT2D eigenvalue weighted by Gasteiger charge is -2.12. The molecule has 1 N–H and O–H groups in total. The van der Waals surface area contributed by atoms with Crippen molar-refractivity contribution in [2.45, 2.75) is 32.9 Å². The summed E-state index contributed by atoms with van der Waals surface area (Å²) < 4.78 is 18.7. The highest BCUT2D eigenvalue weighted by atomic mass is 19.1. The van der Waals surface area contributed by atoms with Gasteiger partial charge in [-0.25, -0.2) is 4.39 Å². The molecule has 0 bridgehead atoms. The van der Waals surface area contributed by atoms with Crippen LogP contribution < -0.4 is 5.32 Å². The van der Waals surface area contributed by atoms with E-state index in [-0.39, 0.29) is 5.82 Å². The zero-order chi connectivity index (χ0) is 11.5. The fourth-order valence-corrected chi connectivity index (χ4v) is 2.10. The molecule has 2 rings (SSSR count). The number of halogens is 1. The number of hydrogen-bond acceptors (Lipinski definition) is 2. The first kappa shape index (κ1) is 11.6. The summed E-state index contributed by atoms with van der Waals surface area (Å²) in [6, 6.07) is 4.27. The molecule has 1 fully saturated rings. The van der Waals surface area contributed by atoms with Crippen LogP contribution in [0.3, 0.4) is 0 Å². The van der Waals surface area contributed by atoms with Crippen molar-refractivity contribution in [1.82, 2.24) is 5.32 Å². The summed E-state index contributed by atoms with van der Waals surface area (Å²) in [6.45, 7) is 6.04. The molecule has 2 nitrogen and oxygen atoms in total. The Morgan fingerprint density at radius 1 is 1.38 bits per heavy atom. The van der Waals surface area contributed by atoms with Gasteiger partial charge >= 0.3 is 0 Å². The van der Waals surface area contributed by atoms with Gasteiger partial charge in [0.25, 0.3) is 0 Å². The first-order valence-corrected chi connectivity index (χ1v) is 5.73. The maximum absolute atomic E-state index is 13.4. The second-order valence-electron chi connectivity index (χ2n) is 4.49. The highest BCUT2D eigenvalue weighted by Crippen LogP contribution is 2.15. The summed E-state index contributed by atoms with van der Waals surface area (Å²) in [5.41, 5.74) is 2.59. The minimum absolute atomic E-state index is 0.0899. The van der Waals surface area contributed by atoms with Gasteiger partial charge in [0.1, 0.15) is 5.82 Å². The molecule has 0 radical (unpaired) electrons. The van der Waals surface area contributed by atoms with Crippen LogP contribution in [0.2, 0.25) is 0 Å². The van der Waals surface area contributed by atoms with Crippen LogP contribution in [0.1, 0.15) is 23.1 Å². The first-order chi connectivity index (χ1) is 7.66. The smallest absolute Gasteiger partial charge is 0.129 e. The van der Waals surface area contributed by atoms with E-state index in [4.69, 9.17) is 4.74 Å². The predicted octanol–water partition coefficient (Wildman–Crippen LogP) is 2.32. The van der Waals surface area contributed by atoms with E-state index in [1.54, 1.807) is 0 Å². The number of ether oxygens (including phenoxy) is 1. The second kappa shape index (κ2) is 4.93. The van der Waals surface area contributed by atoms with E-state index in [1.165, 1.54) is 0 Å². The van der Waals surface area contributed by atoms with E-state index in [0.717, 1.165) is 42.9 Å². The molecule has 0 aromatic heterocycles. The van der Waals surface area contributed by atoms with Crippen molar-refractivity contribution in [3.05, 3.63) is 34.6 Å². The van der Waals surface area contributed by atoms with Crippen LogP contribution in [0.4, 0.5) is 4.39 Å². The molecule has 0 aliphatic carbocycles. The van der Waals surface area contributed by atoms with Gasteiger partial charge in [0, 0.05) is 19.2 Å². The van der Waals surface area contributed by atoms with Crippen LogP contribution >= 0.6 is 0 Å². The third-order valence-corrected chi connectivity index (χ3v) is 3.02. The highest BCUT2D eigenvalue weighted by Gasteiger charge is 2.14. The summed E-state index contributed by atoms with van der Waals surface area (Å²) in [4.78, 5) is 0. The lowest BCUT2D eigenvalue weighted by atomic mass is 10.1. The summed E-state index contributed by atoms with van der Waals surface area (Å²) in [6.07, 6.45) is 1.07. The fraction of sp³-hybridized carbons (Fsp3) is 0.538. The third-order valence-electron chi connectivity index (χ3n) is 3.02. The molecule has 16 heavy (non-hydrogen) atoms. The van der Waals surface area contributed by atoms with Crippen LogP contribution in [-0.4, -0.2) is 19.3 Å². The predicted molar refractivity (Wildman–Crippen MR) is 61.9 cm³/mol. The zero-order valence-corrected chi connectivity index (χ0v) is 9.85. The number of hydrogen-bond donors (Lipinski definition) is 1. The number of benzene rings is 1. The SMILES string of the molecule is Cc1cc(CNC2CCOC2)cc(C)c1F. The molecule has 1 aliphatic heterocycles. The molecule has 0 spiro atoms. The van der Waals surface area contributed by atoms with Gasteiger partial charge in [0.15, 0.2) is 0 Å². The van der Waals surface area contributed by atoms with Crippen molar-refractivity contribution in [3.63, 3.8) is 0 Å². The van der Waals surface area contributed by atoms with E-state index in [9.17, 15) is 4.39 Å². The zero-order valence-electron chi connectivity index (χ0n) is 9.85. The molecule has 1 saturated heterocycles. The molecule has 88 valence electrons. The Labute approximate surface area is 95.8 Å². The molecule has 0 saturated carbocycles. The summed E-state index contributed by atoms with van der Waals surface area (Å²) in [5, 5.41) is 3.42. The second-order valence-corrected chi connectivity index (χ2v) is 4.49. The standard InChI is InChI=1S/C13H18FNO/c1-9-5-11(6-10(2)13(9)14)7-15-12-3-4-16-8-12/h5-6,12,15H,3-4,7-8H2,1-2H3. The normalized spacial score (nSPS) is 20.3. The van der Waals surface area contributed by atoms with Gasteiger partial charge < -0.3 is 10.1 Å². The van der Waals surface area contributed by atoms with Gasteiger partial charge in [-0.3, -0.25) is 0 Å². The summed E-state index contributed by atoms with van der Waals surface area (Å²) >= 11 is 0. The Morgan fingerprint density at radius 2 is 2.06 bits per heavy atom. The van der Waals surface area contributed by atoms with Crippen molar-refractivity contribution in [1.29, 1.82) is 0 Å². The van der Waals surface area contributed by atoms with E-state index >= 15 is 0 Å². The Hall–Kier alpha value is -0.930. The van der Waals surface area contributed by atoms with Crippen LogP contribution in [0.25, 0.3) is 0 Å². The Kier molecular flexibility index (Phi) is 3.56. The van der Waals surface area contributed by atoms with Crippen molar-refractivity contribution in [3.8, 4) is 0 Å². The minimum Gasteiger partial charge on any atom is -0.380 e. The van der Waals surface area contributed by atoms with Crippen LogP contribution in [0.15, 0.2) is 12.1 Å². The molecule has 1 aliphatic rings. The number of nitrogens with one attached hydrogen (secondary N) is 1. The molecule has 0 amide bonds. The van der Waals surface area contributed by atoms with Crippen molar-refractivity contribution >= 4 is 0 Å². The third kappa shape index (κ3) is 2.60. The monoisotopic (exact) mass is 223 g/mol. The topological polar surface area (TPSA) is 21.3 Å². The average Bonchev–Trinajstić information content (AvgIpc) is 2.75. The van der Waals surface area contributed by atoms with Gasteiger partial charge in [0.05, 0.1) is 6.61 Å². The number of aryl methyl sites for hydroxylation is 2. The van der Waals surface area contributed by atoms with Crippen molar-refractivity contribution in [2.75, 3.05) is 13.2 Å². The van der Waals surface area contributed by atoms with Gasteiger partial charge in [-0.15, -0.1) is 0 Å². The molecular weight excluding hydrogens is 205 g/mol. The van der Waals surface area contributed by atoms with E-state index < -0.39 is 0 Å². The molecular formula is C13H18FNO. The average molecular weight is 223 g/mol. The van der Waals surface area contributed by atoms with Crippen molar-refractivity contribution in [2.24, 2.45) is 0 Å². The van der Waals surface area contributed by atoms with Crippen LogP contribution in [-0.2, 0) is 11.3 Å². The molecule has 1 unspecified atom stereocenters. The first-order valence-electron chi connectivity index (χ1n) is 5.73. The minimum atomic E-state index is -0.0899. The molecule has 1 aromatic carbocycles. The number of rotatable bonds is 3. The Balaban J connectivity index is 1.98. The highest BCUT2D eigenvalue weighted by molar-refractivity contribution is 5.30. The van der Waals surface area contributed by atoms with Gasteiger partial charge in [-0.05, 0) is 37.0 Å². The van der Waals surface area contributed by atoms with Crippen LogP contribution in [0, 0.1) is 19.7 Å². The molecule has 1 atom stereocenters.